The molecule has 1 unspecified atom stereocenters. The van der Waals surface area contributed by atoms with Gasteiger partial charge in [0.1, 0.15) is 5.75 Å². The molecule has 4 nitrogen and oxygen atoms in total. The maximum atomic E-state index is 13.3. The first-order valence-corrected chi connectivity index (χ1v) is 9.70. The van der Waals surface area contributed by atoms with Gasteiger partial charge in [-0.2, -0.15) is 21.6 Å². The summed E-state index contributed by atoms with van der Waals surface area (Å²) in [6, 6.07) is 12.2. The second kappa shape index (κ2) is 8.09. The SMILES string of the molecule is CS(=O)(=O)Oc1ccc(C(O)CCCc2ccccc2)c(C(F)(F)F)c1. The number of aryl methyl sites for hydroxylation is 1. The van der Waals surface area contributed by atoms with E-state index in [9.17, 15) is 26.7 Å². The minimum absolute atomic E-state index is 0.143. The number of alkyl halides is 3. The van der Waals surface area contributed by atoms with E-state index in [1.165, 1.54) is 0 Å². The Hall–Kier alpha value is -2.06. The lowest BCUT2D eigenvalue weighted by Gasteiger charge is -2.18. The largest absolute Gasteiger partial charge is 0.416 e. The maximum absolute atomic E-state index is 13.3. The monoisotopic (exact) mass is 388 g/mol. The number of aliphatic hydroxyl groups excluding tert-OH is 1. The fraction of sp³-hybridized carbons (Fsp3) is 0.333. The molecule has 1 N–H and O–H groups in total. The smallest absolute Gasteiger partial charge is 0.388 e. The van der Waals surface area contributed by atoms with Crippen LogP contribution in [0.3, 0.4) is 0 Å². The molecule has 0 saturated carbocycles. The summed E-state index contributed by atoms with van der Waals surface area (Å²) in [5.74, 6) is -0.444. The fourth-order valence-corrected chi connectivity index (χ4v) is 3.05. The number of rotatable bonds is 7. The van der Waals surface area contributed by atoms with Crippen LogP contribution in [0.15, 0.2) is 48.5 Å². The van der Waals surface area contributed by atoms with Crippen LogP contribution in [0.4, 0.5) is 13.2 Å². The normalized spacial score (nSPS) is 13.4. The summed E-state index contributed by atoms with van der Waals surface area (Å²) in [4.78, 5) is 0. The quantitative estimate of drug-likeness (QED) is 0.726. The molecule has 2 aromatic carbocycles. The zero-order chi connectivity index (χ0) is 19.4. The Morgan fingerprint density at radius 2 is 1.77 bits per heavy atom. The van der Waals surface area contributed by atoms with E-state index in [1.54, 1.807) is 0 Å². The van der Waals surface area contributed by atoms with Crippen molar-refractivity contribution in [1.82, 2.24) is 0 Å². The third-order valence-electron chi connectivity index (χ3n) is 3.72. The Morgan fingerprint density at radius 3 is 2.35 bits per heavy atom. The predicted molar refractivity (Wildman–Crippen MR) is 91.3 cm³/mol. The lowest BCUT2D eigenvalue weighted by atomic mass is 9.96. The predicted octanol–water partition coefficient (Wildman–Crippen LogP) is 4.10. The van der Waals surface area contributed by atoms with Gasteiger partial charge in [0.25, 0.3) is 0 Å². The Labute approximate surface area is 150 Å². The number of hydrogen-bond acceptors (Lipinski definition) is 4. The van der Waals surface area contributed by atoms with Gasteiger partial charge in [0.05, 0.1) is 17.9 Å². The van der Waals surface area contributed by atoms with E-state index in [0.29, 0.717) is 18.9 Å². The maximum Gasteiger partial charge on any atom is 0.416 e. The van der Waals surface area contributed by atoms with Gasteiger partial charge in [-0.3, -0.25) is 0 Å². The van der Waals surface area contributed by atoms with Crippen molar-refractivity contribution in [3.05, 3.63) is 65.2 Å². The second-order valence-corrected chi connectivity index (χ2v) is 7.50. The Bertz CT molecular complexity index is 833. The molecule has 0 aliphatic heterocycles. The highest BCUT2D eigenvalue weighted by Gasteiger charge is 2.35. The van der Waals surface area contributed by atoms with E-state index < -0.39 is 33.7 Å². The van der Waals surface area contributed by atoms with E-state index in [0.717, 1.165) is 24.0 Å². The molecule has 0 aliphatic carbocycles. The van der Waals surface area contributed by atoms with Gasteiger partial charge in [-0.1, -0.05) is 36.4 Å². The molecule has 0 saturated heterocycles. The van der Waals surface area contributed by atoms with Gasteiger partial charge in [-0.25, -0.2) is 0 Å². The molecule has 1 atom stereocenters. The van der Waals surface area contributed by atoms with Crippen LogP contribution in [0.1, 0.15) is 35.6 Å². The molecule has 0 spiro atoms. The van der Waals surface area contributed by atoms with Crippen molar-refractivity contribution >= 4 is 10.1 Å². The first kappa shape index (κ1) is 20.3. The van der Waals surface area contributed by atoms with Crippen LogP contribution in [0.2, 0.25) is 0 Å². The molecule has 26 heavy (non-hydrogen) atoms. The first-order chi connectivity index (χ1) is 12.1. The zero-order valence-electron chi connectivity index (χ0n) is 14.0. The topological polar surface area (TPSA) is 63.6 Å². The third kappa shape index (κ3) is 6.03. The Morgan fingerprint density at radius 1 is 1.12 bits per heavy atom. The van der Waals surface area contributed by atoms with Crippen molar-refractivity contribution in [2.24, 2.45) is 0 Å². The molecule has 0 aliphatic rings. The van der Waals surface area contributed by atoms with Gasteiger partial charge >= 0.3 is 16.3 Å². The molecule has 0 bridgehead atoms. The molecule has 2 aromatic rings. The highest BCUT2D eigenvalue weighted by Crippen LogP contribution is 2.38. The molecular formula is C18H19F3O4S. The van der Waals surface area contributed by atoms with Gasteiger partial charge in [0.2, 0.25) is 0 Å². The lowest BCUT2D eigenvalue weighted by molar-refractivity contribution is -0.139. The standard InChI is InChI=1S/C18H19F3O4S/c1-26(23,24)25-14-10-11-15(16(12-14)18(19,20)21)17(22)9-5-8-13-6-3-2-4-7-13/h2-4,6-7,10-12,17,22H,5,8-9H2,1H3. The minimum atomic E-state index is -4.74. The van der Waals surface area contributed by atoms with Crippen molar-refractivity contribution in [2.75, 3.05) is 6.26 Å². The van der Waals surface area contributed by atoms with Gasteiger partial charge in [0, 0.05) is 0 Å². The summed E-state index contributed by atoms with van der Waals surface area (Å²) in [6.45, 7) is 0. The van der Waals surface area contributed by atoms with Gasteiger partial charge in [-0.15, -0.1) is 0 Å². The molecule has 142 valence electrons. The van der Waals surface area contributed by atoms with Crippen molar-refractivity contribution in [2.45, 2.75) is 31.5 Å². The van der Waals surface area contributed by atoms with Crippen molar-refractivity contribution in [3.63, 3.8) is 0 Å². The van der Waals surface area contributed by atoms with Gasteiger partial charge in [-0.05, 0) is 42.5 Å². The molecule has 8 heteroatoms. The van der Waals surface area contributed by atoms with E-state index in [2.05, 4.69) is 4.18 Å². The molecule has 0 aromatic heterocycles. The second-order valence-electron chi connectivity index (χ2n) is 5.93. The summed E-state index contributed by atoms with van der Waals surface area (Å²) in [5, 5.41) is 10.2. The summed E-state index contributed by atoms with van der Waals surface area (Å²) in [7, 11) is -3.95. The van der Waals surface area contributed by atoms with Gasteiger partial charge < -0.3 is 9.29 Å². The van der Waals surface area contributed by atoms with E-state index in [4.69, 9.17) is 0 Å². The Balaban J connectivity index is 2.15. The van der Waals surface area contributed by atoms with Crippen LogP contribution in [-0.4, -0.2) is 19.8 Å². The average molecular weight is 388 g/mol. The molecule has 2 rings (SSSR count). The van der Waals surface area contributed by atoms with Crippen LogP contribution in [0, 0.1) is 0 Å². The highest BCUT2D eigenvalue weighted by molar-refractivity contribution is 7.86. The molecule has 0 radical (unpaired) electrons. The summed E-state index contributed by atoms with van der Waals surface area (Å²) >= 11 is 0. The number of hydrogen-bond donors (Lipinski definition) is 1. The van der Waals surface area contributed by atoms with Crippen LogP contribution in [0.25, 0.3) is 0 Å². The first-order valence-electron chi connectivity index (χ1n) is 7.89. The Kier molecular flexibility index (Phi) is 6.30. The van der Waals surface area contributed by atoms with Crippen molar-refractivity contribution in [1.29, 1.82) is 0 Å². The number of benzene rings is 2. The van der Waals surface area contributed by atoms with Crippen LogP contribution >= 0.6 is 0 Å². The molecule has 0 heterocycles. The number of aliphatic hydroxyl groups is 1. The van der Waals surface area contributed by atoms with Crippen LogP contribution in [0.5, 0.6) is 5.75 Å². The van der Waals surface area contributed by atoms with E-state index in [-0.39, 0.29) is 12.0 Å². The molecule has 0 amide bonds. The summed E-state index contributed by atoms with van der Waals surface area (Å²) in [5.41, 5.74) is -0.370. The van der Waals surface area contributed by atoms with Crippen molar-refractivity contribution in [3.8, 4) is 5.75 Å². The van der Waals surface area contributed by atoms with E-state index in [1.807, 2.05) is 30.3 Å². The minimum Gasteiger partial charge on any atom is -0.388 e. The highest BCUT2D eigenvalue weighted by atomic mass is 32.2. The third-order valence-corrected chi connectivity index (χ3v) is 4.22. The number of halogens is 3. The lowest BCUT2D eigenvalue weighted by Crippen LogP contribution is -2.14. The zero-order valence-corrected chi connectivity index (χ0v) is 14.8. The fourth-order valence-electron chi connectivity index (χ4n) is 2.60. The summed E-state index contributed by atoms with van der Waals surface area (Å²) < 4.78 is 66.6. The van der Waals surface area contributed by atoms with Crippen molar-refractivity contribution < 1.29 is 30.9 Å². The van der Waals surface area contributed by atoms with E-state index >= 15 is 0 Å². The average Bonchev–Trinajstić information content (AvgIpc) is 2.53. The molecular weight excluding hydrogens is 369 g/mol. The van der Waals surface area contributed by atoms with Gasteiger partial charge in [0.15, 0.2) is 0 Å². The summed E-state index contributed by atoms with van der Waals surface area (Å²) in [6.07, 6.45) is -4.04. The van der Waals surface area contributed by atoms with Crippen LogP contribution in [-0.2, 0) is 22.7 Å². The van der Waals surface area contributed by atoms with Crippen LogP contribution < -0.4 is 4.18 Å². The molecule has 0 fully saturated rings.